The second kappa shape index (κ2) is 23.2. The van der Waals surface area contributed by atoms with E-state index < -0.39 is 18.0 Å². The molecule has 314 valence electrons. The average Bonchev–Trinajstić information content (AvgIpc) is 3.23. The molecule has 2 amide bonds. The highest BCUT2D eigenvalue weighted by Gasteiger charge is 2.31. The Kier molecular flexibility index (Phi) is 18.1. The first-order valence-electron chi connectivity index (χ1n) is 21.4. The maximum Gasteiger partial charge on any atom is 0.326 e. The van der Waals surface area contributed by atoms with E-state index in [1.54, 1.807) is 29.6 Å². The third kappa shape index (κ3) is 13.5. The molecule has 12 nitrogen and oxygen atoms in total. The first-order valence-corrected chi connectivity index (χ1v) is 23.4. The lowest BCUT2D eigenvalue weighted by atomic mass is 9.87. The average molecular weight is 826 g/mol. The number of ether oxygens (including phenoxy) is 1. The number of aliphatic carboxylic acids is 2. The lowest BCUT2D eigenvalue weighted by Crippen LogP contribution is -2.45. The molecular formula is C43H63N5O7S2. The summed E-state index contributed by atoms with van der Waals surface area (Å²) in [4.78, 5) is 59.8. The number of carboxylic acids is 2. The molecule has 0 aromatic carbocycles. The fourth-order valence-electron chi connectivity index (χ4n) is 8.12. The van der Waals surface area contributed by atoms with Crippen LogP contribution in [0.15, 0.2) is 34.3 Å². The van der Waals surface area contributed by atoms with Crippen molar-refractivity contribution in [1.82, 2.24) is 20.6 Å². The molecule has 57 heavy (non-hydrogen) atoms. The molecule has 6 rings (SSSR count). The van der Waals surface area contributed by atoms with E-state index >= 15 is 0 Å². The summed E-state index contributed by atoms with van der Waals surface area (Å²) in [5, 5.41) is 26.5. The van der Waals surface area contributed by atoms with E-state index in [1.807, 2.05) is 23.1 Å². The number of carbonyl (C=O) groups is 4. The number of carboxylic acid groups (broad SMARTS) is 2. The standard InChI is InChI=1S/C22H32N2O4S.C21H31N3O3S/c1-2-14-29-21-18(20(25)23-16-6-4-3-5-7-16)12-13-19(24-21)28-17-10-8-15(9-11-17)22(26)27;1-2-14-28-20-16(19(25)22-15-8-4-3-5-9-15)11-12-18(23-20)24-13-7-6-10-17(24)21(26)27/h12-13,15-17H,2-11,14H2,1H3,(H,23,25)(H,26,27);11-12,15,17H,2-10,13-14H2,1H3,(H,22,25)(H,26,27). The van der Waals surface area contributed by atoms with E-state index in [0.717, 1.165) is 80.7 Å². The summed E-state index contributed by atoms with van der Waals surface area (Å²) in [5.41, 5.74) is 1.23. The fraction of sp³-hybridized carbons (Fsp3) is 0.674. The number of amides is 2. The third-order valence-corrected chi connectivity index (χ3v) is 13.7. The van der Waals surface area contributed by atoms with Crippen molar-refractivity contribution in [3.8, 4) is 5.88 Å². The molecule has 3 saturated carbocycles. The van der Waals surface area contributed by atoms with Gasteiger partial charge in [-0.2, -0.15) is 0 Å². The summed E-state index contributed by atoms with van der Waals surface area (Å²) in [6.45, 7) is 4.90. The SMILES string of the molecule is CCCSc1nc(N2CCCCC2C(=O)O)ccc1C(=O)NC1CCCCC1.CCCSc1nc(OC2CCC(C(=O)O)CC2)ccc1C(=O)NC1CCCCC1. The molecule has 3 heterocycles. The van der Waals surface area contributed by atoms with Crippen LogP contribution in [-0.2, 0) is 9.59 Å². The van der Waals surface area contributed by atoms with Crippen LogP contribution in [0.4, 0.5) is 5.82 Å². The Bertz CT molecular complexity index is 1630. The number of thioether (sulfide) groups is 2. The Hall–Kier alpha value is -3.52. The maximum absolute atomic E-state index is 12.9. The molecule has 1 atom stereocenters. The van der Waals surface area contributed by atoms with Gasteiger partial charge < -0.3 is 30.5 Å². The Balaban J connectivity index is 0.000000218. The van der Waals surface area contributed by atoms with Gasteiger partial charge >= 0.3 is 11.9 Å². The topological polar surface area (TPSA) is 171 Å². The van der Waals surface area contributed by atoms with Crippen molar-refractivity contribution in [2.24, 2.45) is 5.92 Å². The van der Waals surface area contributed by atoms with Gasteiger partial charge in [0.2, 0.25) is 5.88 Å². The van der Waals surface area contributed by atoms with Crippen LogP contribution in [0.25, 0.3) is 0 Å². The lowest BCUT2D eigenvalue weighted by molar-refractivity contribution is -0.143. The molecular weight excluding hydrogens is 763 g/mol. The molecule has 4 fully saturated rings. The first-order chi connectivity index (χ1) is 27.7. The molecule has 2 aromatic heterocycles. The van der Waals surface area contributed by atoms with Crippen LogP contribution in [0.1, 0.15) is 157 Å². The molecule has 14 heteroatoms. The van der Waals surface area contributed by atoms with Gasteiger partial charge in [-0.3, -0.25) is 14.4 Å². The van der Waals surface area contributed by atoms with E-state index in [-0.39, 0.29) is 35.9 Å². The highest BCUT2D eigenvalue weighted by Crippen LogP contribution is 2.32. The zero-order chi connectivity index (χ0) is 40.6. The normalized spacial score (nSPS) is 21.8. The van der Waals surface area contributed by atoms with Crippen LogP contribution in [-0.4, -0.2) is 86.2 Å². The number of carbonyl (C=O) groups excluding carboxylic acids is 2. The number of hydrogen-bond acceptors (Lipinski definition) is 10. The van der Waals surface area contributed by atoms with E-state index in [4.69, 9.17) is 14.8 Å². The summed E-state index contributed by atoms with van der Waals surface area (Å²) < 4.78 is 6.04. The van der Waals surface area contributed by atoms with Crippen molar-refractivity contribution in [3.63, 3.8) is 0 Å². The van der Waals surface area contributed by atoms with Gasteiger partial charge in [-0.15, -0.1) is 23.5 Å². The Labute approximate surface area is 346 Å². The Morgan fingerprint density at radius 3 is 1.72 bits per heavy atom. The molecule has 1 saturated heterocycles. The number of anilines is 1. The van der Waals surface area contributed by atoms with Gasteiger partial charge in [0.15, 0.2) is 0 Å². The molecule has 0 spiro atoms. The summed E-state index contributed by atoms with van der Waals surface area (Å²) >= 11 is 3.17. The van der Waals surface area contributed by atoms with Crippen LogP contribution < -0.4 is 20.3 Å². The Morgan fingerprint density at radius 2 is 1.19 bits per heavy atom. The highest BCUT2D eigenvalue weighted by molar-refractivity contribution is 7.99. The monoisotopic (exact) mass is 825 g/mol. The second-order valence-corrected chi connectivity index (χ2v) is 18.0. The zero-order valence-electron chi connectivity index (χ0n) is 33.8. The quantitative estimate of drug-likeness (QED) is 0.126. The van der Waals surface area contributed by atoms with Crippen molar-refractivity contribution in [3.05, 3.63) is 35.4 Å². The van der Waals surface area contributed by atoms with Crippen LogP contribution in [0, 0.1) is 5.92 Å². The fourth-order valence-corrected chi connectivity index (χ4v) is 9.86. The van der Waals surface area contributed by atoms with Crippen molar-refractivity contribution in [1.29, 1.82) is 0 Å². The number of piperidine rings is 1. The predicted octanol–water partition coefficient (Wildman–Crippen LogP) is 8.76. The van der Waals surface area contributed by atoms with Crippen LogP contribution in [0.2, 0.25) is 0 Å². The van der Waals surface area contributed by atoms with Crippen molar-refractivity contribution in [2.75, 3.05) is 23.0 Å². The van der Waals surface area contributed by atoms with Crippen LogP contribution in [0.5, 0.6) is 5.88 Å². The first kappa shape index (κ1) is 44.6. The molecule has 4 aliphatic rings. The summed E-state index contributed by atoms with van der Waals surface area (Å²) in [5.74, 6) is 1.08. The minimum atomic E-state index is -0.802. The number of hydrogen-bond donors (Lipinski definition) is 4. The van der Waals surface area contributed by atoms with Gasteiger partial charge in [-0.25, -0.2) is 14.8 Å². The van der Waals surface area contributed by atoms with Crippen molar-refractivity contribution in [2.45, 2.75) is 170 Å². The van der Waals surface area contributed by atoms with Crippen LogP contribution >= 0.6 is 23.5 Å². The van der Waals surface area contributed by atoms with Gasteiger partial charge in [0.1, 0.15) is 28.0 Å². The number of nitrogens with zero attached hydrogens (tertiary/aromatic N) is 3. The van der Waals surface area contributed by atoms with Gasteiger partial charge in [-0.05, 0) is 113 Å². The molecule has 4 N–H and O–H groups in total. The third-order valence-electron chi connectivity index (χ3n) is 11.3. The zero-order valence-corrected chi connectivity index (χ0v) is 35.5. The lowest BCUT2D eigenvalue weighted by Gasteiger charge is -2.34. The summed E-state index contributed by atoms with van der Waals surface area (Å²) in [6.07, 6.45) is 18.6. The predicted molar refractivity (Wildman–Crippen MR) is 226 cm³/mol. The van der Waals surface area contributed by atoms with Gasteiger partial charge in [0, 0.05) is 24.7 Å². The number of rotatable bonds is 15. The van der Waals surface area contributed by atoms with Crippen LogP contribution in [0.3, 0.4) is 0 Å². The number of pyridine rings is 2. The number of nitrogens with one attached hydrogen (secondary N) is 2. The molecule has 0 bridgehead atoms. The minimum absolute atomic E-state index is 0.0101. The largest absolute Gasteiger partial charge is 0.481 e. The van der Waals surface area contributed by atoms with Crippen molar-refractivity contribution >= 4 is 53.1 Å². The second-order valence-electron chi connectivity index (χ2n) is 15.8. The molecule has 3 aliphatic carbocycles. The van der Waals surface area contributed by atoms with Gasteiger partial charge in [0.25, 0.3) is 11.8 Å². The summed E-state index contributed by atoms with van der Waals surface area (Å²) in [6, 6.07) is 7.21. The van der Waals surface area contributed by atoms with Crippen molar-refractivity contribution < 1.29 is 34.1 Å². The molecule has 2 aromatic rings. The minimum Gasteiger partial charge on any atom is -0.481 e. The highest BCUT2D eigenvalue weighted by atomic mass is 32.2. The molecule has 1 aliphatic heterocycles. The van der Waals surface area contributed by atoms with E-state index in [9.17, 15) is 24.3 Å². The number of aromatic nitrogens is 2. The summed E-state index contributed by atoms with van der Waals surface area (Å²) in [7, 11) is 0. The Morgan fingerprint density at radius 1 is 0.667 bits per heavy atom. The van der Waals surface area contributed by atoms with E-state index in [2.05, 4.69) is 29.5 Å². The molecule has 1 unspecified atom stereocenters. The van der Waals surface area contributed by atoms with Gasteiger partial charge in [-0.1, -0.05) is 52.4 Å². The van der Waals surface area contributed by atoms with E-state index in [0.29, 0.717) is 53.7 Å². The van der Waals surface area contributed by atoms with Gasteiger partial charge in [0.05, 0.1) is 17.0 Å². The maximum atomic E-state index is 12.9. The van der Waals surface area contributed by atoms with E-state index in [1.165, 1.54) is 38.5 Å². The smallest absolute Gasteiger partial charge is 0.326 e. The molecule has 0 radical (unpaired) electrons.